The largest absolute Gasteiger partial charge is 0.457 e. The van der Waals surface area contributed by atoms with Crippen LogP contribution in [0.4, 0.5) is 24.7 Å². The van der Waals surface area contributed by atoms with Crippen molar-refractivity contribution >= 4 is 32.4 Å². The van der Waals surface area contributed by atoms with E-state index in [4.69, 9.17) is 4.74 Å². The molecule has 0 bridgehead atoms. The molecule has 11 heteroatoms. The highest BCUT2D eigenvalue weighted by atomic mass is 32.2. The van der Waals surface area contributed by atoms with Gasteiger partial charge in [0.05, 0.1) is 27.9 Å². The Morgan fingerprint density at radius 1 is 0.878 bits per heavy atom. The lowest BCUT2D eigenvalue weighted by molar-refractivity contribution is -0.137. The summed E-state index contributed by atoms with van der Waals surface area (Å²) in [5, 5.41) is 4.32. The molecule has 208 valence electrons. The van der Waals surface area contributed by atoms with Crippen molar-refractivity contribution in [1.82, 2.24) is 14.3 Å². The number of halogens is 3. The van der Waals surface area contributed by atoms with Crippen LogP contribution < -0.4 is 10.1 Å². The Morgan fingerprint density at radius 2 is 1.68 bits per heavy atom. The predicted octanol–water partition coefficient (Wildman–Crippen LogP) is 6.93. The minimum Gasteiger partial charge on any atom is -0.457 e. The number of pyridine rings is 2. The lowest BCUT2D eigenvalue weighted by Gasteiger charge is -2.29. The topological polar surface area (TPSA) is 84.4 Å². The van der Waals surface area contributed by atoms with Crippen LogP contribution in [0.5, 0.6) is 11.5 Å². The number of alkyl halides is 3. The van der Waals surface area contributed by atoms with E-state index in [-0.39, 0.29) is 29.5 Å². The number of benzene rings is 3. The summed E-state index contributed by atoms with van der Waals surface area (Å²) in [6, 6.07) is 21.7. The number of para-hydroxylation sites is 1. The Morgan fingerprint density at radius 3 is 2.49 bits per heavy atom. The fraction of sp³-hybridized carbons (Fsp3) is 0.133. The van der Waals surface area contributed by atoms with Crippen LogP contribution in [0.2, 0.25) is 0 Å². The van der Waals surface area contributed by atoms with E-state index in [1.54, 1.807) is 18.5 Å². The molecule has 0 radical (unpaired) electrons. The zero-order chi connectivity index (χ0) is 28.6. The Balaban J connectivity index is 1.19. The van der Waals surface area contributed by atoms with E-state index in [0.29, 0.717) is 12.2 Å². The van der Waals surface area contributed by atoms with Gasteiger partial charge in [0, 0.05) is 36.3 Å². The molecule has 0 spiro atoms. The summed E-state index contributed by atoms with van der Waals surface area (Å²) in [4.78, 5) is 9.01. The first-order valence-corrected chi connectivity index (χ1v) is 14.1. The molecule has 1 N–H and O–H groups in total. The van der Waals surface area contributed by atoms with Gasteiger partial charge in [0.2, 0.25) is 10.0 Å². The van der Waals surface area contributed by atoms with Gasteiger partial charge in [-0.2, -0.15) is 17.5 Å². The molecule has 7 nitrogen and oxygen atoms in total. The summed E-state index contributed by atoms with van der Waals surface area (Å²) in [6.07, 6.45) is -0.624. The smallest absolute Gasteiger partial charge is 0.416 e. The van der Waals surface area contributed by atoms with Crippen molar-refractivity contribution in [2.75, 3.05) is 11.9 Å². The molecule has 0 unspecified atom stereocenters. The number of sulfonamides is 1. The van der Waals surface area contributed by atoms with Crippen molar-refractivity contribution in [2.24, 2.45) is 0 Å². The fourth-order valence-corrected chi connectivity index (χ4v) is 6.20. The highest BCUT2D eigenvalue weighted by Crippen LogP contribution is 2.33. The van der Waals surface area contributed by atoms with Gasteiger partial charge in [0.25, 0.3) is 0 Å². The third-order valence-electron chi connectivity index (χ3n) is 6.82. The van der Waals surface area contributed by atoms with Crippen LogP contribution in [-0.2, 0) is 29.2 Å². The zero-order valence-electron chi connectivity index (χ0n) is 21.5. The second-order valence-corrected chi connectivity index (χ2v) is 11.5. The molecule has 6 rings (SSSR count). The number of anilines is 2. The summed E-state index contributed by atoms with van der Waals surface area (Å²) in [6.45, 7) is 0.407. The third-order valence-corrected chi connectivity index (χ3v) is 8.67. The zero-order valence-corrected chi connectivity index (χ0v) is 22.3. The first-order chi connectivity index (χ1) is 19.7. The first kappa shape index (κ1) is 26.7. The second kappa shape index (κ2) is 10.5. The maximum Gasteiger partial charge on any atom is 0.416 e. The standard InChI is InChI=1S/C30H23F3N4O3S/c31-30(32,33)22-8-10-24(11-9-22)40-25-5-3-6-26(17-25)41(38,39)37-15-13-27-21(19-37)12-14-34-29(27)36-23-16-20-4-1-2-7-28(20)35-18-23/h1-12,14,16-18H,13,15,19H2,(H,34,36). The summed E-state index contributed by atoms with van der Waals surface area (Å²) in [5.74, 6) is 1.01. The quantitative estimate of drug-likeness (QED) is 0.236. The normalized spacial score (nSPS) is 14.0. The minimum atomic E-state index is -4.46. The van der Waals surface area contributed by atoms with Crippen molar-refractivity contribution in [3.8, 4) is 11.5 Å². The third kappa shape index (κ3) is 5.59. The molecule has 5 aromatic rings. The number of nitrogens with zero attached hydrogens (tertiary/aromatic N) is 3. The van der Waals surface area contributed by atoms with E-state index in [0.717, 1.165) is 39.8 Å². The van der Waals surface area contributed by atoms with Crippen LogP contribution >= 0.6 is 0 Å². The van der Waals surface area contributed by atoms with Crippen LogP contribution in [0.3, 0.4) is 0 Å². The minimum absolute atomic E-state index is 0.0278. The van der Waals surface area contributed by atoms with E-state index in [1.807, 2.05) is 36.4 Å². The Bertz CT molecular complexity index is 1840. The number of hydrogen-bond donors (Lipinski definition) is 1. The predicted molar refractivity (Wildman–Crippen MR) is 149 cm³/mol. The van der Waals surface area contributed by atoms with Gasteiger partial charge < -0.3 is 10.1 Å². The number of hydrogen-bond acceptors (Lipinski definition) is 6. The van der Waals surface area contributed by atoms with Crippen molar-refractivity contribution in [1.29, 1.82) is 0 Å². The van der Waals surface area contributed by atoms with Crippen LogP contribution in [0.15, 0.2) is 102 Å². The number of aromatic nitrogens is 2. The van der Waals surface area contributed by atoms with E-state index in [9.17, 15) is 21.6 Å². The molecule has 2 aromatic heterocycles. The van der Waals surface area contributed by atoms with Crippen LogP contribution in [-0.4, -0.2) is 29.2 Å². The van der Waals surface area contributed by atoms with Crippen LogP contribution in [0.25, 0.3) is 10.9 Å². The maximum absolute atomic E-state index is 13.6. The second-order valence-electron chi connectivity index (χ2n) is 9.53. The van der Waals surface area contributed by atoms with Gasteiger partial charge in [-0.15, -0.1) is 0 Å². The molecule has 41 heavy (non-hydrogen) atoms. The molecule has 0 fully saturated rings. The van der Waals surface area contributed by atoms with E-state index >= 15 is 0 Å². The number of fused-ring (bicyclic) bond motifs is 2. The molecule has 1 aliphatic heterocycles. The molecule has 3 aromatic carbocycles. The summed E-state index contributed by atoms with van der Waals surface area (Å²) in [5.41, 5.74) is 2.64. The fourth-order valence-electron chi connectivity index (χ4n) is 4.75. The first-order valence-electron chi connectivity index (χ1n) is 12.7. The Kier molecular flexibility index (Phi) is 6.84. The highest BCUT2D eigenvalue weighted by Gasteiger charge is 2.31. The van der Waals surface area contributed by atoms with E-state index in [1.165, 1.54) is 34.6 Å². The molecule has 0 saturated heterocycles. The van der Waals surface area contributed by atoms with Gasteiger partial charge in [-0.25, -0.2) is 13.4 Å². The SMILES string of the molecule is O=S(=O)(c1cccc(Oc2ccc(C(F)(F)F)cc2)c1)N1CCc2c(ccnc2Nc2cnc3ccccc3c2)C1. The van der Waals surface area contributed by atoms with Gasteiger partial charge in [-0.05, 0) is 66.6 Å². The number of ether oxygens (including phenoxy) is 1. The van der Waals surface area contributed by atoms with E-state index < -0.39 is 21.8 Å². The van der Waals surface area contributed by atoms with Crippen molar-refractivity contribution in [3.05, 3.63) is 114 Å². The maximum atomic E-state index is 13.6. The summed E-state index contributed by atoms with van der Waals surface area (Å²) < 4.78 is 72.7. The summed E-state index contributed by atoms with van der Waals surface area (Å²) >= 11 is 0. The van der Waals surface area contributed by atoms with Gasteiger partial charge in [0.15, 0.2) is 0 Å². The summed E-state index contributed by atoms with van der Waals surface area (Å²) in [7, 11) is -3.89. The molecular formula is C30H23F3N4O3S. The lowest BCUT2D eigenvalue weighted by Crippen LogP contribution is -2.36. The molecule has 0 saturated carbocycles. The lowest BCUT2D eigenvalue weighted by atomic mass is 10.0. The Labute approximate surface area is 234 Å². The van der Waals surface area contributed by atoms with Crippen molar-refractivity contribution < 1.29 is 26.3 Å². The highest BCUT2D eigenvalue weighted by molar-refractivity contribution is 7.89. The van der Waals surface area contributed by atoms with Gasteiger partial charge in [0.1, 0.15) is 17.3 Å². The van der Waals surface area contributed by atoms with Crippen molar-refractivity contribution in [2.45, 2.75) is 24.0 Å². The number of rotatable bonds is 6. The number of nitrogens with one attached hydrogen (secondary N) is 1. The van der Waals surface area contributed by atoms with Crippen LogP contribution in [0, 0.1) is 0 Å². The average Bonchev–Trinajstić information content (AvgIpc) is 2.97. The molecule has 3 heterocycles. The van der Waals surface area contributed by atoms with Gasteiger partial charge >= 0.3 is 6.18 Å². The molecule has 0 aliphatic carbocycles. The Hall–Kier alpha value is -4.48. The molecular weight excluding hydrogens is 553 g/mol. The average molecular weight is 577 g/mol. The molecule has 0 atom stereocenters. The van der Waals surface area contributed by atoms with E-state index in [2.05, 4.69) is 15.3 Å². The van der Waals surface area contributed by atoms with Crippen LogP contribution in [0.1, 0.15) is 16.7 Å². The molecule has 0 amide bonds. The van der Waals surface area contributed by atoms with Crippen molar-refractivity contribution in [3.63, 3.8) is 0 Å². The van der Waals surface area contributed by atoms with Gasteiger partial charge in [-0.1, -0.05) is 24.3 Å². The molecule has 1 aliphatic rings. The van der Waals surface area contributed by atoms with Gasteiger partial charge in [-0.3, -0.25) is 4.98 Å². The monoisotopic (exact) mass is 576 g/mol.